The first-order chi connectivity index (χ1) is 11.5. The van der Waals surface area contributed by atoms with Gasteiger partial charge in [-0.1, -0.05) is 24.3 Å². The molecule has 0 unspecified atom stereocenters. The number of benzene rings is 2. The van der Waals surface area contributed by atoms with Crippen LogP contribution in [0.2, 0.25) is 0 Å². The first kappa shape index (κ1) is 15.7. The smallest absolute Gasteiger partial charge is 0.269 e. The maximum Gasteiger partial charge on any atom is 0.269 e. The summed E-state index contributed by atoms with van der Waals surface area (Å²) in [4.78, 5) is 25.6. The number of carbonyl (C=O) groups excluding carboxylic acids is 1. The molecule has 0 aliphatic carbocycles. The molecule has 122 valence electrons. The fraction of sp³-hybridized carbons (Fsp3) is 0.167. The van der Waals surface area contributed by atoms with Gasteiger partial charge in [0.05, 0.1) is 4.92 Å². The molecule has 3 aromatic rings. The van der Waals surface area contributed by atoms with Crippen molar-refractivity contribution in [3.05, 3.63) is 75.5 Å². The van der Waals surface area contributed by atoms with Gasteiger partial charge in [0.15, 0.2) is 0 Å². The maximum atomic E-state index is 12.2. The Labute approximate surface area is 138 Å². The molecule has 0 saturated carbocycles. The molecule has 0 spiro atoms. The normalized spacial score (nSPS) is 10.7. The second-order valence-electron chi connectivity index (χ2n) is 5.64. The highest BCUT2D eigenvalue weighted by molar-refractivity contribution is 5.97. The minimum atomic E-state index is -0.408. The molecule has 0 fully saturated rings. The largest absolute Gasteiger partial charge is 0.351 e. The minimum Gasteiger partial charge on any atom is -0.351 e. The van der Waals surface area contributed by atoms with Crippen molar-refractivity contribution >= 4 is 22.5 Å². The second-order valence-corrected chi connectivity index (χ2v) is 5.64. The number of hydrogen-bond acceptors (Lipinski definition) is 3. The lowest BCUT2D eigenvalue weighted by atomic mass is 10.1. The van der Waals surface area contributed by atoms with E-state index in [1.54, 1.807) is 12.1 Å². The molecule has 2 aromatic carbocycles. The Morgan fingerprint density at radius 3 is 2.71 bits per heavy atom. The molecule has 0 saturated heterocycles. The van der Waals surface area contributed by atoms with Crippen molar-refractivity contribution in [2.45, 2.75) is 13.3 Å². The Morgan fingerprint density at radius 2 is 2.00 bits per heavy atom. The van der Waals surface area contributed by atoms with E-state index in [4.69, 9.17) is 0 Å². The van der Waals surface area contributed by atoms with Crippen LogP contribution in [0.5, 0.6) is 0 Å². The van der Waals surface area contributed by atoms with E-state index >= 15 is 0 Å². The number of H-pyrrole nitrogens is 1. The third-order valence-corrected chi connectivity index (χ3v) is 3.99. The van der Waals surface area contributed by atoms with E-state index in [2.05, 4.69) is 10.3 Å². The van der Waals surface area contributed by atoms with E-state index in [9.17, 15) is 14.9 Å². The van der Waals surface area contributed by atoms with Gasteiger partial charge in [0, 0.05) is 29.6 Å². The zero-order valence-corrected chi connectivity index (χ0v) is 13.2. The van der Waals surface area contributed by atoms with Gasteiger partial charge >= 0.3 is 0 Å². The summed E-state index contributed by atoms with van der Waals surface area (Å²) < 4.78 is 0. The van der Waals surface area contributed by atoms with Gasteiger partial charge in [-0.2, -0.15) is 0 Å². The zero-order chi connectivity index (χ0) is 17.1. The Hall–Kier alpha value is -3.15. The molecule has 24 heavy (non-hydrogen) atoms. The number of nitrogens with zero attached hydrogens (tertiary/aromatic N) is 1. The van der Waals surface area contributed by atoms with E-state index in [1.165, 1.54) is 6.07 Å². The lowest BCUT2D eigenvalue weighted by Gasteiger charge is -2.07. The standard InChI is InChI=1S/C18H17N3O3/c1-12-10-15(21(23)24)7-6-13(12)8-9-19-18(22)17-11-14-4-2-3-5-16(14)20-17/h2-7,10-11,20H,8-9H2,1H3,(H,19,22). The first-order valence-electron chi connectivity index (χ1n) is 7.64. The number of aromatic amines is 1. The number of amides is 1. The van der Waals surface area contributed by atoms with E-state index in [0.717, 1.165) is 22.0 Å². The molecule has 6 heteroatoms. The van der Waals surface area contributed by atoms with Crippen LogP contribution in [0.15, 0.2) is 48.5 Å². The summed E-state index contributed by atoms with van der Waals surface area (Å²) in [5, 5.41) is 14.6. The van der Waals surface area contributed by atoms with Gasteiger partial charge in [-0.05, 0) is 36.6 Å². The van der Waals surface area contributed by atoms with Gasteiger partial charge in [0.2, 0.25) is 0 Å². The van der Waals surface area contributed by atoms with Gasteiger partial charge < -0.3 is 10.3 Å². The maximum absolute atomic E-state index is 12.2. The summed E-state index contributed by atoms with van der Waals surface area (Å²) >= 11 is 0. The number of nitrogens with one attached hydrogen (secondary N) is 2. The highest BCUT2D eigenvalue weighted by Gasteiger charge is 2.10. The van der Waals surface area contributed by atoms with Crippen LogP contribution in [-0.4, -0.2) is 22.4 Å². The number of non-ortho nitro benzene ring substituents is 1. The van der Waals surface area contributed by atoms with Crippen molar-refractivity contribution in [3.8, 4) is 0 Å². The highest BCUT2D eigenvalue weighted by Crippen LogP contribution is 2.17. The van der Waals surface area contributed by atoms with Gasteiger partial charge in [0.25, 0.3) is 11.6 Å². The highest BCUT2D eigenvalue weighted by atomic mass is 16.6. The van der Waals surface area contributed by atoms with Crippen LogP contribution in [-0.2, 0) is 6.42 Å². The lowest BCUT2D eigenvalue weighted by molar-refractivity contribution is -0.384. The predicted octanol–water partition coefficient (Wildman–Crippen LogP) is 3.36. The summed E-state index contributed by atoms with van der Waals surface area (Å²) in [5.74, 6) is -0.161. The number of carbonyl (C=O) groups is 1. The third-order valence-electron chi connectivity index (χ3n) is 3.99. The van der Waals surface area contributed by atoms with E-state index in [0.29, 0.717) is 18.7 Å². The van der Waals surface area contributed by atoms with Crippen molar-refractivity contribution < 1.29 is 9.72 Å². The molecule has 0 radical (unpaired) electrons. The topological polar surface area (TPSA) is 88.0 Å². The molecular formula is C18H17N3O3. The molecule has 1 aromatic heterocycles. The first-order valence-corrected chi connectivity index (χ1v) is 7.64. The summed E-state index contributed by atoms with van der Waals surface area (Å²) in [6, 6.07) is 14.3. The van der Waals surface area contributed by atoms with E-state index < -0.39 is 4.92 Å². The van der Waals surface area contributed by atoms with Crippen LogP contribution in [0.3, 0.4) is 0 Å². The fourth-order valence-electron chi connectivity index (χ4n) is 2.68. The lowest BCUT2D eigenvalue weighted by Crippen LogP contribution is -2.26. The van der Waals surface area contributed by atoms with Gasteiger partial charge in [-0.15, -0.1) is 0 Å². The van der Waals surface area contributed by atoms with Crippen molar-refractivity contribution in [1.29, 1.82) is 0 Å². The Balaban J connectivity index is 1.61. The van der Waals surface area contributed by atoms with Crippen LogP contribution in [0.4, 0.5) is 5.69 Å². The van der Waals surface area contributed by atoms with Gasteiger partial charge in [0.1, 0.15) is 5.69 Å². The number of aryl methyl sites for hydroxylation is 1. The quantitative estimate of drug-likeness (QED) is 0.557. The summed E-state index contributed by atoms with van der Waals surface area (Å²) in [7, 11) is 0. The molecule has 0 bridgehead atoms. The Kier molecular flexibility index (Phi) is 4.29. The number of rotatable bonds is 5. The third kappa shape index (κ3) is 3.27. The van der Waals surface area contributed by atoms with Crippen LogP contribution >= 0.6 is 0 Å². The number of nitro benzene ring substituents is 1. The average Bonchev–Trinajstić information content (AvgIpc) is 3.00. The molecule has 1 amide bonds. The SMILES string of the molecule is Cc1cc([N+](=O)[O-])ccc1CCNC(=O)c1cc2ccccc2[nH]1. The number of nitro groups is 1. The summed E-state index contributed by atoms with van der Waals surface area (Å²) in [6.07, 6.45) is 0.621. The summed E-state index contributed by atoms with van der Waals surface area (Å²) in [6.45, 7) is 2.30. The number of aromatic nitrogens is 1. The molecule has 1 heterocycles. The molecule has 0 aliphatic heterocycles. The van der Waals surface area contributed by atoms with Crippen LogP contribution in [0.25, 0.3) is 10.9 Å². The van der Waals surface area contributed by atoms with Crippen molar-refractivity contribution in [1.82, 2.24) is 10.3 Å². The van der Waals surface area contributed by atoms with Crippen LogP contribution < -0.4 is 5.32 Å². The minimum absolute atomic E-state index is 0.0818. The molecule has 3 rings (SSSR count). The fourth-order valence-corrected chi connectivity index (χ4v) is 2.68. The number of fused-ring (bicyclic) bond motifs is 1. The Bertz CT molecular complexity index is 882. The Morgan fingerprint density at radius 1 is 1.21 bits per heavy atom. The molecule has 0 aliphatic rings. The van der Waals surface area contributed by atoms with Crippen molar-refractivity contribution in [2.24, 2.45) is 0 Å². The predicted molar refractivity (Wildman–Crippen MR) is 92.2 cm³/mol. The molecule has 2 N–H and O–H groups in total. The van der Waals surface area contributed by atoms with Crippen LogP contribution in [0.1, 0.15) is 21.6 Å². The summed E-state index contributed by atoms with van der Waals surface area (Å²) in [5.41, 5.74) is 3.37. The van der Waals surface area contributed by atoms with Gasteiger partial charge in [-0.3, -0.25) is 14.9 Å². The van der Waals surface area contributed by atoms with E-state index in [1.807, 2.05) is 37.3 Å². The number of para-hydroxylation sites is 1. The average molecular weight is 323 g/mol. The molecule has 6 nitrogen and oxygen atoms in total. The molecule has 0 atom stereocenters. The monoisotopic (exact) mass is 323 g/mol. The molecular weight excluding hydrogens is 306 g/mol. The van der Waals surface area contributed by atoms with Crippen molar-refractivity contribution in [3.63, 3.8) is 0 Å². The van der Waals surface area contributed by atoms with Crippen molar-refractivity contribution in [2.75, 3.05) is 6.54 Å². The second kappa shape index (κ2) is 6.54. The van der Waals surface area contributed by atoms with E-state index in [-0.39, 0.29) is 11.6 Å². The van der Waals surface area contributed by atoms with Gasteiger partial charge in [-0.25, -0.2) is 0 Å². The zero-order valence-electron chi connectivity index (χ0n) is 13.2. The van der Waals surface area contributed by atoms with Crippen LogP contribution in [0, 0.1) is 17.0 Å². The number of hydrogen-bond donors (Lipinski definition) is 2.